The normalized spacial score (nSPS) is 19.9. The van der Waals surface area contributed by atoms with Crippen molar-refractivity contribution in [3.05, 3.63) is 107 Å². The van der Waals surface area contributed by atoms with Gasteiger partial charge >= 0.3 is 4.87 Å². The quantitative estimate of drug-likeness (QED) is 0.247. The van der Waals surface area contributed by atoms with E-state index in [1.807, 2.05) is 12.1 Å². The first-order chi connectivity index (χ1) is 19.2. The molecule has 6 rings (SSSR count). The molecule has 0 radical (unpaired) electrons. The summed E-state index contributed by atoms with van der Waals surface area (Å²) in [5.41, 5.74) is 1.78. The van der Waals surface area contributed by atoms with E-state index in [0.717, 1.165) is 21.4 Å². The number of thiazole rings is 1. The molecule has 2 unspecified atom stereocenters. The summed E-state index contributed by atoms with van der Waals surface area (Å²) >= 11 is 17.6. The lowest BCUT2D eigenvalue weighted by molar-refractivity contribution is -0.122. The minimum Gasteiger partial charge on any atom is -0.325 e. The number of thioether (sulfide) groups is 1. The van der Waals surface area contributed by atoms with Gasteiger partial charge in [0.05, 0.1) is 16.6 Å². The predicted octanol–water partition coefficient (Wildman–Crippen LogP) is 6.41. The Balaban J connectivity index is 1.40. The van der Waals surface area contributed by atoms with Gasteiger partial charge in [0.2, 0.25) is 17.7 Å². The van der Waals surface area contributed by atoms with Crippen molar-refractivity contribution < 1.29 is 14.4 Å². The third-order valence-electron chi connectivity index (χ3n) is 6.79. The number of nitrogens with one attached hydrogen (secondary N) is 1. The van der Waals surface area contributed by atoms with Gasteiger partial charge in [-0.25, -0.2) is 4.90 Å². The molecular formula is C28H18BrCl2N3O4S2. The SMILES string of the molecule is O=C(Cn1c2c(sc1=O)[C@@H](c1ccc(Cl)cc1)C1C(=O)N(c3ccc(Br)cc3)C(=O)C1S2)Nc1ccc(Cl)cc1. The van der Waals surface area contributed by atoms with E-state index < -0.39 is 23.0 Å². The number of fused-ring (bicyclic) bond motifs is 2. The molecule has 0 aliphatic carbocycles. The number of hydrogen-bond acceptors (Lipinski definition) is 6. The van der Waals surface area contributed by atoms with Gasteiger partial charge in [-0.3, -0.25) is 23.7 Å². The lowest BCUT2D eigenvalue weighted by atomic mass is 9.83. The van der Waals surface area contributed by atoms with Gasteiger partial charge in [0, 0.05) is 31.0 Å². The molecule has 1 N–H and O–H groups in total. The van der Waals surface area contributed by atoms with E-state index in [1.165, 1.54) is 21.2 Å². The highest BCUT2D eigenvalue weighted by atomic mass is 79.9. The Hall–Kier alpha value is -2.89. The largest absolute Gasteiger partial charge is 0.325 e. The molecular weight excluding hydrogens is 657 g/mol. The molecule has 12 heteroatoms. The fourth-order valence-electron chi connectivity index (χ4n) is 5.01. The van der Waals surface area contributed by atoms with Crippen LogP contribution in [0.4, 0.5) is 11.4 Å². The standard InChI is InChI=1S/C28H18BrCl2N3O4S2/c29-15-3-11-19(12-4-15)34-25(36)22-21(14-1-5-16(30)6-2-14)24-27(39-23(22)26(34)37)33(28(38)40-24)13-20(35)32-18-9-7-17(31)8-10-18/h1-12,21-23H,13H2,(H,32,35)/t21-,22?,23?/m0/s1. The zero-order chi connectivity index (χ0) is 28.1. The second kappa shape index (κ2) is 10.8. The van der Waals surface area contributed by atoms with Crippen molar-refractivity contribution >= 4 is 91.3 Å². The van der Waals surface area contributed by atoms with Gasteiger partial charge in [0.1, 0.15) is 11.8 Å². The minimum absolute atomic E-state index is 0.246. The molecule has 3 heterocycles. The van der Waals surface area contributed by atoms with Crippen molar-refractivity contribution in [2.75, 3.05) is 10.2 Å². The number of halogens is 3. The van der Waals surface area contributed by atoms with Crippen LogP contribution in [-0.4, -0.2) is 27.5 Å². The van der Waals surface area contributed by atoms with E-state index in [9.17, 15) is 19.2 Å². The zero-order valence-corrected chi connectivity index (χ0v) is 25.1. The Morgan fingerprint density at radius 1 is 0.875 bits per heavy atom. The van der Waals surface area contributed by atoms with Gasteiger partial charge < -0.3 is 5.32 Å². The smallest absolute Gasteiger partial charge is 0.308 e. The van der Waals surface area contributed by atoms with Crippen molar-refractivity contribution in [3.63, 3.8) is 0 Å². The number of hydrogen-bond donors (Lipinski definition) is 1. The fourth-order valence-corrected chi connectivity index (χ4v) is 8.30. The summed E-state index contributed by atoms with van der Waals surface area (Å²) < 4.78 is 2.21. The van der Waals surface area contributed by atoms with Crippen molar-refractivity contribution in [1.29, 1.82) is 0 Å². The Kier molecular flexibility index (Phi) is 7.39. The Morgan fingerprint density at radius 2 is 1.50 bits per heavy atom. The van der Waals surface area contributed by atoms with Crippen molar-refractivity contribution in [2.24, 2.45) is 5.92 Å². The number of carbonyl (C=O) groups excluding carboxylic acids is 3. The molecule has 0 spiro atoms. The van der Waals surface area contributed by atoms with Gasteiger partial charge in [-0.05, 0) is 66.2 Å². The Labute approximate surface area is 255 Å². The summed E-state index contributed by atoms with van der Waals surface area (Å²) in [6, 6.07) is 20.7. The Bertz CT molecular complexity index is 1710. The van der Waals surface area contributed by atoms with E-state index in [4.69, 9.17) is 23.2 Å². The number of carbonyl (C=O) groups is 3. The van der Waals surface area contributed by atoms with Crippen LogP contribution in [0.3, 0.4) is 0 Å². The van der Waals surface area contributed by atoms with Crippen LogP contribution in [0.1, 0.15) is 16.4 Å². The highest BCUT2D eigenvalue weighted by Gasteiger charge is 2.56. The number of benzene rings is 3. The molecule has 3 atom stereocenters. The molecule has 4 aromatic rings. The number of imide groups is 1. The average Bonchev–Trinajstić information content (AvgIpc) is 3.37. The van der Waals surface area contributed by atoms with Crippen LogP contribution < -0.4 is 15.1 Å². The van der Waals surface area contributed by atoms with Crippen LogP contribution in [0, 0.1) is 5.92 Å². The van der Waals surface area contributed by atoms with Crippen molar-refractivity contribution in [2.45, 2.75) is 22.7 Å². The predicted molar refractivity (Wildman–Crippen MR) is 162 cm³/mol. The number of anilines is 2. The van der Waals surface area contributed by atoms with Crippen LogP contribution in [-0.2, 0) is 20.9 Å². The van der Waals surface area contributed by atoms with Gasteiger partial charge in [-0.15, -0.1) is 0 Å². The summed E-state index contributed by atoms with van der Waals surface area (Å²) in [5.74, 6) is -2.38. The zero-order valence-electron chi connectivity index (χ0n) is 20.3. The molecule has 7 nitrogen and oxygen atoms in total. The number of rotatable bonds is 5. The maximum atomic E-state index is 13.9. The molecule has 0 bridgehead atoms. The second-order valence-corrected chi connectivity index (χ2v) is 13.2. The molecule has 3 amide bonds. The molecule has 2 aliphatic rings. The number of nitrogens with zero attached hydrogens (tertiary/aromatic N) is 2. The molecule has 3 aromatic carbocycles. The lowest BCUT2D eigenvalue weighted by Crippen LogP contribution is -2.33. The highest BCUT2D eigenvalue weighted by Crippen LogP contribution is 2.54. The fraction of sp³-hybridized carbons (Fsp3) is 0.143. The van der Waals surface area contributed by atoms with Gasteiger partial charge in [-0.2, -0.15) is 0 Å². The number of amides is 3. The maximum absolute atomic E-state index is 13.9. The summed E-state index contributed by atoms with van der Waals surface area (Å²) in [6.45, 7) is -0.246. The van der Waals surface area contributed by atoms with Crippen LogP contribution in [0.2, 0.25) is 10.0 Å². The molecule has 1 aromatic heterocycles. The van der Waals surface area contributed by atoms with Crippen molar-refractivity contribution in [3.8, 4) is 0 Å². The first-order valence-electron chi connectivity index (χ1n) is 12.1. The van der Waals surface area contributed by atoms with Gasteiger partial charge in [0.25, 0.3) is 0 Å². The lowest BCUT2D eigenvalue weighted by Gasteiger charge is -2.30. The summed E-state index contributed by atoms with van der Waals surface area (Å²) in [4.78, 5) is 55.4. The van der Waals surface area contributed by atoms with Crippen LogP contribution >= 0.6 is 62.2 Å². The third-order valence-corrected chi connectivity index (χ3v) is 10.4. The molecule has 1 fully saturated rings. The topological polar surface area (TPSA) is 88.5 Å². The summed E-state index contributed by atoms with van der Waals surface area (Å²) in [6.07, 6.45) is 0. The van der Waals surface area contributed by atoms with Gasteiger partial charge in [0.15, 0.2) is 0 Å². The van der Waals surface area contributed by atoms with E-state index in [2.05, 4.69) is 21.2 Å². The first kappa shape index (κ1) is 27.3. The first-order valence-corrected chi connectivity index (χ1v) is 15.3. The van der Waals surface area contributed by atoms with E-state index >= 15 is 0 Å². The van der Waals surface area contributed by atoms with Crippen LogP contribution in [0.15, 0.2) is 87.1 Å². The highest BCUT2D eigenvalue weighted by molar-refractivity contribution is 9.10. The molecule has 1 saturated heterocycles. The second-order valence-electron chi connectivity index (χ2n) is 9.26. The van der Waals surface area contributed by atoms with Crippen LogP contribution in [0.5, 0.6) is 0 Å². The van der Waals surface area contributed by atoms with E-state index in [0.29, 0.717) is 31.3 Å². The van der Waals surface area contributed by atoms with Gasteiger partial charge in [-0.1, -0.05) is 74.4 Å². The Morgan fingerprint density at radius 3 is 2.15 bits per heavy atom. The molecule has 0 saturated carbocycles. The molecule has 2 aliphatic heterocycles. The summed E-state index contributed by atoms with van der Waals surface area (Å²) in [5, 5.41) is 3.58. The monoisotopic (exact) mass is 673 g/mol. The minimum atomic E-state index is -0.774. The molecule has 40 heavy (non-hydrogen) atoms. The molecule has 202 valence electrons. The average molecular weight is 675 g/mol. The van der Waals surface area contributed by atoms with Crippen LogP contribution in [0.25, 0.3) is 0 Å². The number of aromatic nitrogens is 1. The van der Waals surface area contributed by atoms with E-state index in [1.54, 1.807) is 60.7 Å². The van der Waals surface area contributed by atoms with E-state index in [-0.39, 0.29) is 23.2 Å². The maximum Gasteiger partial charge on any atom is 0.308 e. The summed E-state index contributed by atoms with van der Waals surface area (Å²) in [7, 11) is 0. The van der Waals surface area contributed by atoms with Crippen molar-refractivity contribution in [1.82, 2.24) is 4.57 Å². The third kappa shape index (κ3) is 4.92.